The summed E-state index contributed by atoms with van der Waals surface area (Å²) in [5.74, 6) is -1.67. The predicted molar refractivity (Wildman–Crippen MR) is 80.6 cm³/mol. The second-order valence-corrected chi connectivity index (χ2v) is 6.14. The van der Waals surface area contributed by atoms with Gasteiger partial charge in [-0.15, -0.1) is 13.2 Å². The highest BCUT2D eigenvalue weighted by molar-refractivity contribution is 7.87. The van der Waals surface area contributed by atoms with Gasteiger partial charge < -0.3 is 13.7 Å². The summed E-state index contributed by atoms with van der Waals surface area (Å²) in [7, 11) is -3.63. The quantitative estimate of drug-likeness (QED) is 0.421. The second kappa shape index (κ2) is 7.07. The molecule has 2 aromatic carbocycles. The van der Waals surface area contributed by atoms with Gasteiger partial charge in [0.25, 0.3) is 0 Å². The van der Waals surface area contributed by atoms with Crippen LogP contribution in [0.2, 0.25) is 0 Å². The Balaban J connectivity index is 2.47. The summed E-state index contributed by atoms with van der Waals surface area (Å²) >= 11 is 0. The number of ether oxygens (including phenoxy) is 2. The zero-order valence-corrected chi connectivity index (χ0v) is 13.7. The third-order valence-electron chi connectivity index (χ3n) is 2.91. The molecule has 0 atom stereocenters. The molecule has 0 amide bonds. The van der Waals surface area contributed by atoms with Gasteiger partial charge in [-0.3, -0.25) is 10.1 Å². The lowest BCUT2D eigenvalue weighted by Crippen LogP contribution is -2.20. The Morgan fingerprint density at radius 3 is 2.31 bits per heavy atom. The molecular weight excluding hydrogens is 383 g/mol. The average Bonchev–Trinajstić information content (AvgIpc) is 2.53. The normalized spacial score (nSPS) is 11.7. The third-order valence-corrected chi connectivity index (χ3v) is 4.18. The van der Waals surface area contributed by atoms with Gasteiger partial charge in [0, 0.05) is 0 Å². The first-order valence-electron chi connectivity index (χ1n) is 6.65. The maximum Gasteiger partial charge on any atom is 0.573 e. The summed E-state index contributed by atoms with van der Waals surface area (Å²) in [5.41, 5.74) is -0.748. The van der Waals surface area contributed by atoms with E-state index >= 15 is 0 Å². The van der Waals surface area contributed by atoms with Crippen LogP contribution in [-0.4, -0.2) is 26.8 Å². The molecule has 0 aliphatic carbocycles. The summed E-state index contributed by atoms with van der Waals surface area (Å²) in [5, 5.41) is 11.1. The number of halogens is 3. The van der Waals surface area contributed by atoms with Crippen LogP contribution < -0.4 is 13.7 Å². The molecule has 12 heteroatoms. The first kappa shape index (κ1) is 19.3. The van der Waals surface area contributed by atoms with Gasteiger partial charge in [0.2, 0.25) is 5.75 Å². The van der Waals surface area contributed by atoms with E-state index in [9.17, 15) is 31.7 Å². The van der Waals surface area contributed by atoms with Gasteiger partial charge in [-0.05, 0) is 24.3 Å². The van der Waals surface area contributed by atoms with Gasteiger partial charge in [-0.2, -0.15) is 8.42 Å². The zero-order valence-electron chi connectivity index (χ0n) is 12.9. The van der Waals surface area contributed by atoms with Crippen LogP contribution in [0.1, 0.15) is 0 Å². The van der Waals surface area contributed by atoms with Crippen molar-refractivity contribution in [1.29, 1.82) is 0 Å². The smallest absolute Gasteiger partial charge is 0.496 e. The fourth-order valence-electron chi connectivity index (χ4n) is 1.87. The van der Waals surface area contributed by atoms with Gasteiger partial charge in [0.05, 0.1) is 18.1 Å². The molecule has 0 unspecified atom stereocenters. The molecule has 2 rings (SSSR count). The number of rotatable bonds is 6. The molecule has 26 heavy (non-hydrogen) atoms. The molecule has 0 radical (unpaired) electrons. The van der Waals surface area contributed by atoms with Crippen molar-refractivity contribution >= 4 is 15.8 Å². The summed E-state index contributed by atoms with van der Waals surface area (Å²) in [6, 6.07) is 6.89. The molecule has 0 aromatic heterocycles. The van der Waals surface area contributed by atoms with Crippen LogP contribution in [0.5, 0.6) is 17.2 Å². The van der Waals surface area contributed by atoms with E-state index in [-0.39, 0.29) is 5.75 Å². The first-order valence-corrected chi connectivity index (χ1v) is 8.06. The van der Waals surface area contributed by atoms with E-state index in [1.54, 1.807) is 0 Å². The number of nitro benzene ring substituents is 1. The van der Waals surface area contributed by atoms with Crippen molar-refractivity contribution in [1.82, 2.24) is 0 Å². The van der Waals surface area contributed by atoms with Crippen LogP contribution in [0, 0.1) is 10.1 Å². The summed E-state index contributed by atoms with van der Waals surface area (Å²) in [6.07, 6.45) is -5.14. The van der Waals surface area contributed by atoms with Gasteiger partial charge in [-0.1, -0.05) is 12.1 Å². The number of benzene rings is 2. The van der Waals surface area contributed by atoms with Crippen LogP contribution >= 0.6 is 0 Å². The Labute approximate surface area is 145 Å². The number of hydrogen-bond donors (Lipinski definition) is 0. The lowest BCUT2D eigenvalue weighted by atomic mass is 10.3. The fourth-order valence-corrected chi connectivity index (χ4v) is 2.93. The van der Waals surface area contributed by atoms with Crippen LogP contribution in [-0.2, 0) is 10.1 Å². The largest absolute Gasteiger partial charge is 0.573 e. The minimum Gasteiger partial charge on any atom is -0.496 e. The van der Waals surface area contributed by atoms with Gasteiger partial charge >= 0.3 is 22.2 Å². The van der Waals surface area contributed by atoms with E-state index in [1.165, 1.54) is 13.2 Å². The van der Waals surface area contributed by atoms with E-state index in [2.05, 4.69) is 8.92 Å². The summed E-state index contributed by atoms with van der Waals surface area (Å²) in [6.45, 7) is 0. The highest BCUT2D eigenvalue weighted by Gasteiger charge is 2.35. The maximum atomic E-state index is 12.4. The molecule has 8 nitrogen and oxygen atoms in total. The highest BCUT2D eigenvalue weighted by atomic mass is 32.2. The SMILES string of the molecule is COc1ccc(OS(=O)(=O)c2ccccc2OC(F)(F)F)c([N+](=O)[O-])c1. The maximum absolute atomic E-state index is 12.4. The minimum absolute atomic E-state index is 0.0576. The summed E-state index contributed by atoms with van der Waals surface area (Å²) in [4.78, 5) is 9.20. The molecule has 0 saturated heterocycles. The van der Waals surface area contributed by atoms with E-state index < -0.39 is 43.5 Å². The molecule has 0 heterocycles. The minimum atomic E-state index is -5.14. The van der Waals surface area contributed by atoms with Crippen molar-refractivity contribution in [3.63, 3.8) is 0 Å². The van der Waals surface area contributed by atoms with Crippen LogP contribution in [0.4, 0.5) is 18.9 Å². The molecule has 0 aliphatic heterocycles. The number of alkyl halides is 3. The van der Waals surface area contributed by atoms with Crippen molar-refractivity contribution in [3.05, 3.63) is 52.6 Å². The van der Waals surface area contributed by atoms with E-state index in [1.807, 2.05) is 0 Å². The Bertz CT molecular complexity index is 928. The van der Waals surface area contributed by atoms with Gasteiger partial charge in [-0.25, -0.2) is 0 Å². The number of methoxy groups -OCH3 is 1. The van der Waals surface area contributed by atoms with Crippen LogP contribution in [0.3, 0.4) is 0 Å². The van der Waals surface area contributed by atoms with Crippen molar-refractivity contribution in [2.45, 2.75) is 11.3 Å². The molecule has 0 bridgehead atoms. The van der Waals surface area contributed by atoms with Crippen molar-refractivity contribution in [2.75, 3.05) is 7.11 Å². The predicted octanol–water partition coefficient (Wildman–Crippen LogP) is 3.27. The van der Waals surface area contributed by atoms with E-state index in [0.29, 0.717) is 0 Å². The van der Waals surface area contributed by atoms with Gasteiger partial charge in [0.15, 0.2) is 5.75 Å². The third kappa shape index (κ3) is 4.53. The lowest BCUT2D eigenvalue weighted by molar-refractivity contribution is -0.385. The monoisotopic (exact) mass is 393 g/mol. The van der Waals surface area contributed by atoms with Gasteiger partial charge in [0.1, 0.15) is 10.6 Å². The second-order valence-electron chi connectivity index (χ2n) is 4.62. The zero-order chi connectivity index (χ0) is 19.5. The molecule has 140 valence electrons. The fraction of sp³-hybridized carbons (Fsp3) is 0.143. The molecule has 0 fully saturated rings. The van der Waals surface area contributed by atoms with Crippen molar-refractivity contribution in [3.8, 4) is 17.2 Å². The number of nitro groups is 1. The molecule has 0 N–H and O–H groups in total. The Kier molecular flexibility index (Phi) is 5.25. The van der Waals surface area contributed by atoms with Crippen LogP contribution in [0.15, 0.2) is 47.4 Å². The Morgan fingerprint density at radius 2 is 1.73 bits per heavy atom. The summed E-state index contributed by atoms with van der Waals surface area (Å²) < 4.78 is 75.0. The number of nitrogens with zero attached hydrogens (tertiary/aromatic N) is 1. The highest BCUT2D eigenvalue weighted by Crippen LogP contribution is 2.35. The van der Waals surface area contributed by atoms with E-state index in [4.69, 9.17) is 4.74 Å². The Hall–Kier alpha value is -3.02. The number of hydrogen-bond acceptors (Lipinski definition) is 7. The first-order chi connectivity index (χ1) is 12.0. The Morgan fingerprint density at radius 1 is 1.08 bits per heavy atom. The standard InChI is InChI=1S/C14H10F3NO7S/c1-23-9-6-7-11(10(8-9)18(19)20)25-26(21,22)13-5-3-2-4-12(13)24-14(15,16)17/h2-8H,1H3. The molecule has 2 aromatic rings. The van der Waals surface area contributed by atoms with Crippen molar-refractivity contribution < 1.29 is 40.2 Å². The van der Waals surface area contributed by atoms with Crippen LogP contribution in [0.25, 0.3) is 0 Å². The number of para-hydroxylation sites is 1. The van der Waals surface area contributed by atoms with Crippen molar-refractivity contribution in [2.24, 2.45) is 0 Å². The molecule has 0 saturated carbocycles. The lowest BCUT2D eigenvalue weighted by Gasteiger charge is -2.14. The topological polar surface area (TPSA) is 105 Å². The molecule has 0 spiro atoms. The molecule has 0 aliphatic rings. The van der Waals surface area contributed by atoms with E-state index in [0.717, 1.165) is 36.4 Å². The average molecular weight is 393 g/mol. The molecular formula is C14H10F3NO7S.